The van der Waals surface area contributed by atoms with Gasteiger partial charge in [-0.05, 0) is 58.3 Å². The summed E-state index contributed by atoms with van der Waals surface area (Å²) < 4.78 is 0. The highest BCUT2D eigenvalue weighted by Gasteiger charge is 2.31. The fraction of sp³-hybridized carbons (Fsp3) is 1.00. The van der Waals surface area contributed by atoms with Gasteiger partial charge in [-0.25, -0.2) is 0 Å². The van der Waals surface area contributed by atoms with Crippen molar-refractivity contribution in [2.75, 3.05) is 26.7 Å². The molecule has 0 aromatic carbocycles. The first-order valence-electron chi connectivity index (χ1n) is 6.80. The Morgan fingerprint density at radius 1 is 1.00 bits per heavy atom. The minimum absolute atomic E-state index is 0.899. The third kappa shape index (κ3) is 2.94. The van der Waals surface area contributed by atoms with E-state index in [0.29, 0.717) is 0 Å². The van der Waals surface area contributed by atoms with Crippen LogP contribution in [0.4, 0.5) is 0 Å². The lowest BCUT2D eigenvalue weighted by Gasteiger charge is -2.32. The van der Waals surface area contributed by atoms with Crippen LogP contribution in [-0.4, -0.2) is 37.6 Å². The van der Waals surface area contributed by atoms with Crippen molar-refractivity contribution in [2.45, 2.75) is 51.0 Å². The van der Waals surface area contributed by atoms with Gasteiger partial charge in [-0.15, -0.1) is 0 Å². The van der Waals surface area contributed by atoms with Gasteiger partial charge in [-0.1, -0.05) is 19.3 Å². The van der Waals surface area contributed by atoms with Crippen LogP contribution in [0.25, 0.3) is 0 Å². The molecule has 2 atom stereocenters. The Morgan fingerprint density at radius 2 is 1.73 bits per heavy atom. The molecular formula is C13H26N2. The maximum Gasteiger partial charge on any atom is 0.0136 e. The van der Waals surface area contributed by atoms with Crippen LogP contribution in [0.5, 0.6) is 0 Å². The molecule has 0 aromatic rings. The van der Waals surface area contributed by atoms with Crippen LogP contribution in [0.2, 0.25) is 0 Å². The molecule has 1 saturated carbocycles. The SMILES string of the molecule is CNCC1CCCC1N1CCCCCC1. The zero-order valence-corrected chi connectivity index (χ0v) is 10.2. The number of hydrogen-bond donors (Lipinski definition) is 1. The van der Waals surface area contributed by atoms with E-state index in [1.165, 1.54) is 64.6 Å². The van der Waals surface area contributed by atoms with Crippen molar-refractivity contribution >= 4 is 0 Å². The van der Waals surface area contributed by atoms with Gasteiger partial charge in [0.15, 0.2) is 0 Å². The number of hydrogen-bond acceptors (Lipinski definition) is 2. The highest BCUT2D eigenvalue weighted by atomic mass is 15.2. The standard InChI is InChI=1S/C13H26N2/c1-14-11-12-7-6-8-13(12)15-9-4-2-3-5-10-15/h12-14H,2-11H2,1H3. The minimum Gasteiger partial charge on any atom is -0.319 e. The molecule has 2 fully saturated rings. The predicted octanol–water partition coefficient (Wildman–Crippen LogP) is 2.25. The van der Waals surface area contributed by atoms with Crippen LogP contribution in [0, 0.1) is 5.92 Å². The Kier molecular flexibility index (Phi) is 4.45. The summed E-state index contributed by atoms with van der Waals surface area (Å²) >= 11 is 0. The summed E-state index contributed by atoms with van der Waals surface area (Å²) in [5.74, 6) is 0.924. The first-order valence-corrected chi connectivity index (χ1v) is 6.80. The van der Waals surface area contributed by atoms with Crippen LogP contribution >= 0.6 is 0 Å². The Hall–Kier alpha value is -0.0800. The van der Waals surface area contributed by atoms with E-state index in [0.717, 1.165) is 12.0 Å². The Morgan fingerprint density at radius 3 is 2.40 bits per heavy atom. The molecule has 0 amide bonds. The second-order valence-electron chi connectivity index (χ2n) is 5.27. The molecule has 1 aliphatic heterocycles. The van der Waals surface area contributed by atoms with E-state index in [1.807, 2.05) is 0 Å². The largest absolute Gasteiger partial charge is 0.319 e. The molecule has 0 spiro atoms. The fourth-order valence-electron chi connectivity index (χ4n) is 3.43. The van der Waals surface area contributed by atoms with Crippen molar-refractivity contribution in [3.63, 3.8) is 0 Å². The maximum atomic E-state index is 3.37. The van der Waals surface area contributed by atoms with Gasteiger partial charge >= 0.3 is 0 Å². The van der Waals surface area contributed by atoms with Crippen molar-refractivity contribution in [1.29, 1.82) is 0 Å². The topological polar surface area (TPSA) is 15.3 Å². The highest BCUT2D eigenvalue weighted by molar-refractivity contribution is 4.87. The smallest absolute Gasteiger partial charge is 0.0136 e. The Bertz CT molecular complexity index is 173. The lowest BCUT2D eigenvalue weighted by atomic mass is 10.0. The quantitative estimate of drug-likeness (QED) is 0.768. The van der Waals surface area contributed by atoms with Gasteiger partial charge in [0.2, 0.25) is 0 Å². The zero-order chi connectivity index (χ0) is 10.5. The molecule has 88 valence electrons. The number of rotatable bonds is 3. The van der Waals surface area contributed by atoms with Crippen molar-refractivity contribution < 1.29 is 0 Å². The molecule has 15 heavy (non-hydrogen) atoms. The van der Waals surface area contributed by atoms with Crippen LogP contribution in [0.15, 0.2) is 0 Å². The predicted molar refractivity (Wildman–Crippen MR) is 65.1 cm³/mol. The van der Waals surface area contributed by atoms with Gasteiger partial charge in [0.05, 0.1) is 0 Å². The molecule has 2 nitrogen and oxygen atoms in total. The fourth-order valence-corrected chi connectivity index (χ4v) is 3.43. The zero-order valence-electron chi connectivity index (χ0n) is 10.2. The molecule has 1 aliphatic carbocycles. The monoisotopic (exact) mass is 210 g/mol. The normalized spacial score (nSPS) is 34.2. The summed E-state index contributed by atoms with van der Waals surface area (Å²) in [5, 5.41) is 3.37. The van der Waals surface area contributed by atoms with Crippen molar-refractivity contribution in [3.05, 3.63) is 0 Å². The summed E-state index contributed by atoms with van der Waals surface area (Å²) in [7, 11) is 2.10. The van der Waals surface area contributed by atoms with E-state index in [2.05, 4.69) is 17.3 Å². The number of nitrogens with zero attached hydrogens (tertiary/aromatic N) is 1. The second kappa shape index (κ2) is 5.86. The minimum atomic E-state index is 0.899. The van der Waals surface area contributed by atoms with Crippen LogP contribution in [0.3, 0.4) is 0 Å². The molecule has 2 unspecified atom stereocenters. The van der Waals surface area contributed by atoms with E-state index >= 15 is 0 Å². The van der Waals surface area contributed by atoms with E-state index in [1.54, 1.807) is 0 Å². The van der Waals surface area contributed by atoms with Gasteiger partial charge < -0.3 is 10.2 Å². The number of likely N-dealkylation sites (tertiary alicyclic amines) is 1. The first-order chi connectivity index (χ1) is 7.42. The van der Waals surface area contributed by atoms with E-state index in [4.69, 9.17) is 0 Å². The van der Waals surface area contributed by atoms with Gasteiger partial charge in [0.1, 0.15) is 0 Å². The highest BCUT2D eigenvalue weighted by Crippen LogP contribution is 2.30. The van der Waals surface area contributed by atoms with Gasteiger partial charge in [-0.3, -0.25) is 0 Å². The molecule has 2 heteroatoms. The molecule has 1 saturated heterocycles. The summed E-state index contributed by atoms with van der Waals surface area (Å²) in [4.78, 5) is 2.79. The van der Waals surface area contributed by atoms with E-state index in [-0.39, 0.29) is 0 Å². The molecule has 2 aliphatic rings. The van der Waals surface area contributed by atoms with Crippen molar-refractivity contribution in [1.82, 2.24) is 10.2 Å². The van der Waals surface area contributed by atoms with Gasteiger partial charge in [0.25, 0.3) is 0 Å². The van der Waals surface area contributed by atoms with Crippen LogP contribution in [0.1, 0.15) is 44.9 Å². The molecule has 2 rings (SSSR count). The molecule has 1 heterocycles. The third-order valence-electron chi connectivity index (χ3n) is 4.19. The van der Waals surface area contributed by atoms with Gasteiger partial charge in [-0.2, -0.15) is 0 Å². The average Bonchev–Trinajstić information content (AvgIpc) is 2.53. The van der Waals surface area contributed by atoms with Crippen molar-refractivity contribution in [3.8, 4) is 0 Å². The summed E-state index contributed by atoms with van der Waals surface area (Å²) in [5.41, 5.74) is 0. The summed E-state index contributed by atoms with van der Waals surface area (Å²) in [6.07, 6.45) is 10.1. The van der Waals surface area contributed by atoms with Crippen molar-refractivity contribution in [2.24, 2.45) is 5.92 Å². The molecule has 0 radical (unpaired) electrons. The molecule has 0 bridgehead atoms. The van der Waals surface area contributed by atoms with Crippen LogP contribution in [-0.2, 0) is 0 Å². The lowest BCUT2D eigenvalue weighted by molar-refractivity contribution is 0.165. The molecule has 1 N–H and O–H groups in total. The van der Waals surface area contributed by atoms with E-state index < -0.39 is 0 Å². The third-order valence-corrected chi connectivity index (χ3v) is 4.19. The van der Waals surface area contributed by atoms with E-state index in [9.17, 15) is 0 Å². The first kappa shape index (κ1) is 11.4. The van der Waals surface area contributed by atoms with Gasteiger partial charge in [0, 0.05) is 6.04 Å². The molecular weight excluding hydrogens is 184 g/mol. The maximum absolute atomic E-state index is 3.37. The van der Waals surface area contributed by atoms with Crippen LogP contribution < -0.4 is 5.32 Å². The summed E-state index contributed by atoms with van der Waals surface area (Å²) in [6.45, 7) is 3.96. The number of nitrogens with one attached hydrogen (secondary N) is 1. The average molecular weight is 210 g/mol. The second-order valence-corrected chi connectivity index (χ2v) is 5.27. The molecule has 0 aromatic heterocycles. The Balaban J connectivity index is 1.89. The lowest BCUT2D eigenvalue weighted by Crippen LogP contribution is -2.41. The summed E-state index contributed by atoms with van der Waals surface area (Å²) in [6, 6.07) is 0.899. The Labute approximate surface area is 94.4 Å².